The van der Waals surface area contributed by atoms with Crippen molar-refractivity contribution in [3.8, 4) is 17.6 Å². The number of amides is 1. The van der Waals surface area contributed by atoms with Crippen LogP contribution >= 0.6 is 0 Å². The lowest BCUT2D eigenvalue weighted by molar-refractivity contribution is -0.116. The summed E-state index contributed by atoms with van der Waals surface area (Å²) in [4.78, 5) is 14.0. The average molecular weight is 441 g/mol. The molecule has 0 aliphatic heterocycles. The quantitative estimate of drug-likeness (QED) is 0.438. The molecule has 0 spiro atoms. The molecule has 2 aromatic heterocycles. The molecule has 2 N–H and O–H groups in total. The molecule has 0 radical (unpaired) electrons. The highest BCUT2D eigenvalue weighted by atomic mass is 16.5. The number of hydrogen-bond donors (Lipinski definition) is 2. The van der Waals surface area contributed by atoms with Crippen LogP contribution < -0.4 is 15.4 Å². The fourth-order valence-corrected chi connectivity index (χ4v) is 3.48. The minimum absolute atomic E-state index is 0.122. The minimum atomic E-state index is -0.122. The Kier molecular flexibility index (Phi) is 6.24. The lowest BCUT2D eigenvalue weighted by Crippen LogP contribution is -2.27. The second-order valence-corrected chi connectivity index (χ2v) is 7.86. The summed E-state index contributed by atoms with van der Waals surface area (Å²) in [5.74, 6) is 1.34. The predicted molar refractivity (Wildman–Crippen MR) is 128 cm³/mol. The second kappa shape index (κ2) is 9.42. The maximum Gasteiger partial charge on any atom is 0.238 e. The van der Waals surface area contributed by atoms with Crippen LogP contribution in [0.25, 0.3) is 5.52 Å². The average Bonchev–Trinajstić information content (AvgIpc) is 3.11. The van der Waals surface area contributed by atoms with E-state index in [4.69, 9.17) is 4.74 Å². The van der Waals surface area contributed by atoms with E-state index in [1.165, 1.54) is 6.20 Å². The molecule has 8 heteroatoms. The Morgan fingerprint density at radius 3 is 2.48 bits per heavy atom. The van der Waals surface area contributed by atoms with E-state index in [1.54, 1.807) is 15.6 Å². The van der Waals surface area contributed by atoms with Crippen LogP contribution in [0.2, 0.25) is 0 Å². The molecule has 4 aromatic rings. The summed E-state index contributed by atoms with van der Waals surface area (Å²) in [5.41, 5.74) is 4.00. The Morgan fingerprint density at radius 1 is 1.12 bits per heavy atom. The maximum atomic E-state index is 12.3. The summed E-state index contributed by atoms with van der Waals surface area (Å²) in [5, 5.41) is 20.3. The van der Waals surface area contributed by atoms with Crippen molar-refractivity contribution in [2.75, 3.05) is 31.3 Å². The van der Waals surface area contributed by atoms with Gasteiger partial charge in [-0.1, -0.05) is 18.2 Å². The number of likely N-dealkylation sites (N-methyl/N-ethyl adjacent to an activating group) is 1. The van der Waals surface area contributed by atoms with Gasteiger partial charge in [0, 0.05) is 11.3 Å². The zero-order valence-electron chi connectivity index (χ0n) is 18.7. The predicted octanol–water partition coefficient (Wildman–Crippen LogP) is 4.55. The lowest BCUT2D eigenvalue weighted by Gasteiger charge is -2.12. The number of nitrogens with zero attached hydrogens (tertiary/aromatic N) is 4. The van der Waals surface area contributed by atoms with Crippen molar-refractivity contribution in [2.24, 2.45) is 0 Å². The molecule has 0 atom stereocenters. The molecule has 8 nitrogen and oxygen atoms in total. The zero-order valence-corrected chi connectivity index (χ0v) is 18.7. The molecule has 0 saturated heterocycles. The molecule has 1 amide bonds. The van der Waals surface area contributed by atoms with E-state index in [-0.39, 0.29) is 12.5 Å². The van der Waals surface area contributed by atoms with Crippen LogP contribution in [0.1, 0.15) is 11.1 Å². The first-order valence-electron chi connectivity index (χ1n) is 10.4. The Hall–Kier alpha value is -4.35. The highest BCUT2D eigenvalue weighted by Crippen LogP contribution is 2.33. The number of nitrogens with one attached hydrogen (secondary N) is 2. The fourth-order valence-electron chi connectivity index (χ4n) is 3.48. The third kappa shape index (κ3) is 4.95. The number of benzene rings is 2. The summed E-state index contributed by atoms with van der Waals surface area (Å²) >= 11 is 0. The first-order chi connectivity index (χ1) is 15.9. The molecule has 0 fully saturated rings. The number of aromatic nitrogens is 2. The van der Waals surface area contributed by atoms with Crippen molar-refractivity contribution in [3.05, 3.63) is 78.1 Å². The largest absolute Gasteiger partial charge is 0.457 e. The van der Waals surface area contributed by atoms with Gasteiger partial charge in [0.1, 0.15) is 17.6 Å². The minimum Gasteiger partial charge on any atom is -0.457 e. The van der Waals surface area contributed by atoms with Gasteiger partial charge in [0.2, 0.25) is 5.91 Å². The molecule has 0 saturated carbocycles. The summed E-state index contributed by atoms with van der Waals surface area (Å²) in [6.07, 6.45) is 3.26. The van der Waals surface area contributed by atoms with Crippen molar-refractivity contribution in [1.29, 1.82) is 5.26 Å². The SMILES string of the molecule is Cc1c(NC(=O)CN(C)C)cn2ncc(C#N)c(Nc3ccc(Oc4ccccc4)cc3)c12. The van der Waals surface area contributed by atoms with Crippen LogP contribution in [0.3, 0.4) is 0 Å². The first kappa shape index (κ1) is 21.9. The number of nitriles is 1. The molecule has 0 bridgehead atoms. The molecule has 33 heavy (non-hydrogen) atoms. The second-order valence-electron chi connectivity index (χ2n) is 7.86. The number of rotatable bonds is 7. The van der Waals surface area contributed by atoms with Crippen LogP contribution in [0.5, 0.6) is 11.5 Å². The monoisotopic (exact) mass is 440 g/mol. The molecule has 2 heterocycles. The van der Waals surface area contributed by atoms with E-state index in [9.17, 15) is 10.1 Å². The number of anilines is 3. The van der Waals surface area contributed by atoms with Gasteiger partial charge in [-0.15, -0.1) is 0 Å². The van der Waals surface area contributed by atoms with Gasteiger partial charge in [0.25, 0.3) is 0 Å². The van der Waals surface area contributed by atoms with Gasteiger partial charge in [0.15, 0.2) is 0 Å². The van der Waals surface area contributed by atoms with E-state index < -0.39 is 0 Å². The molecular weight excluding hydrogens is 416 g/mol. The highest BCUT2D eigenvalue weighted by Gasteiger charge is 2.17. The lowest BCUT2D eigenvalue weighted by atomic mass is 10.1. The van der Waals surface area contributed by atoms with Gasteiger partial charge in [-0.3, -0.25) is 4.79 Å². The van der Waals surface area contributed by atoms with Gasteiger partial charge in [-0.25, -0.2) is 4.52 Å². The van der Waals surface area contributed by atoms with Crippen LogP contribution in [0.15, 0.2) is 67.0 Å². The molecular formula is C25H24N6O2. The molecule has 0 aliphatic carbocycles. The van der Waals surface area contributed by atoms with Gasteiger partial charge in [-0.2, -0.15) is 10.4 Å². The Bertz CT molecular complexity index is 1320. The van der Waals surface area contributed by atoms with Crippen molar-refractivity contribution in [3.63, 3.8) is 0 Å². The Labute approximate surface area is 192 Å². The normalized spacial score (nSPS) is 10.8. The van der Waals surface area contributed by atoms with Gasteiger partial charge in [-0.05, 0) is 57.4 Å². The van der Waals surface area contributed by atoms with Gasteiger partial charge < -0.3 is 20.3 Å². The number of aryl methyl sites for hydroxylation is 1. The smallest absolute Gasteiger partial charge is 0.238 e. The molecule has 0 unspecified atom stereocenters. The Balaban J connectivity index is 1.62. The first-order valence-corrected chi connectivity index (χ1v) is 10.4. The molecule has 0 aliphatic rings. The number of carbonyl (C=O) groups is 1. The van der Waals surface area contributed by atoms with Crippen LogP contribution in [-0.4, -0.2) is 41.1 Å². The standard InChI is InChI=1S/C25H24N6O2/c1-17-22(29-23(32)16-30(2)3)15-31-25(17)24(18(13-26)14-27-31)28-19-9-11-21(12-10-19)33-20-7-5-4-6-8-20/h4-12,14-15,28H,16H2,1-3H3,(H,29,32). The third-order valence-electron chi connectivity index (χ3n) is 5.01. The van der Waals surface area contributed by atoms with Crippen molar-refractivity contribution in [2.45, 2.75) is 6.92 Å². The molecule has 2 aromatic carbocycles. The van der Waals surface area contributed by atoms with Crippen LogP contribution in [0, 0.1) is 18.3 Å². The van der Waals surface area contributed by atoms with Gasteiger partial charge >= 0.3 is 0 Å². The number of para-hydroxylation sites is 1. The van der Waals surface area contributed by atoms with E-state index in [0.717, 1.165) is 22.5 Å². The van der Waals surface area contributed by atoms with Crippen LogP contribution in [0.4, 0.5) is 17.1 Å². The summed E-state index contributed by atoms with van der Waals surface area (Å²) in [6, 6.07) is 19.2. The van der Waals surface area contributed by atoms with Crippen LogP contribution in [-0.2, 0) is 4.79 Å². The van der Waals surface area contributed by atoms with E-state index in [1.807, 2.05) is 75.6 Å². The summed E-state index contributed by atoms with van der Waals surface area (Å²) < 4.78 is 7.51. The number of fused-ring (bicyclic) bond motifs is 1. The van der Waals surface area contributed by atoms with Crippen molar-refractivity contribution in [1.82, 2.24) is 14.5 Å². The third-order valence-corrected chi connectivity index (χ3v) is 5.01. The fraction of sp³-hybridized carbons (Fsp3) is 0.160. The zero-order chi connectivity index (χ0) is 23.4. The van der Waals surface area contributed by atoms with Gasteiger partial charge in [0.05, 0.1) is 41.4 Å². The molecule has 4 rings (SSSR count). The Morgan fingerprint density at radius 2 is 1.82 bits per heavy atom. The topological polar surface area (TPSA) is 94.7 Å². The number of carbonyl (C=O) groups excluding carboxylic acids is 1. The van der Waals surface area contributed by atoms with E-state index >= 15 is 0 Å². The number of ether oxygens (including phenoxy) is 1. The van der Waals surface area contributed by atoms with E-state index in [2.05, 4.69) is 21.8 Å². The highest BCUT2D eigenvalue weighted by molar-refractivity contribution is 5.96. The summed E-state index contributed by atoms with van der Waals surface area (Å²) in [7, 11) is 3.67. The number of hydrogen-bond acceptors (Lipinski definition) is 6. The van der Waals surface area contributed by atoms with E-state index in [0.29, 0.717) is 22.7 Å². The summed E-state index contributed by atoms with van der Waals surface area (Å²) in [6.45, 7) is 2.16. The molecule has 166 valence electrons. The van der Waals surface area contributed by atoms with Crippen molar-refractivity contribution >= 4 is 28.5 Å². The van der Waals surface area contributed by atoms with Crippen molar-refractivity contribution < 1.29 is 9.53 Å². The maximum absolute atomic E-state index is 12.3.